The van der Waals surface area contributed by atoms with Gasteiger partial charge in [0.15, 0.2) is 0 Å². The Morgan fingerprint density at radius 3 is 2.60 bits per heavy atom. The third-order valence-electron chi connectivity index (χ3n) is 7.14. The van der Waals surface area contributed by atoms with E-state index in [0.717, 1.165) is 17.8 Å². The molecular formula is C29H24Cl2F2N4O5S. The van der Waals surface area contributed by atoms with Crippen molar-refractivity contribution in [3.63, 3.8) is 0 Å². The molecule has 0 radical (unpaired) electrons. The van der Waals surface area contributed by atoms with Gasteiger partial charge in [0, 0.05) is 29.8 Å². The van der Waals surface area contributed by atoms with E-state index in [-0.39, 0.29) is 32.8 Å². The van der Waals surface area contributed by atoms with E-state index in [1.165, 1.54) is 16.9 Å². The second-order valence-corrected chi connectivity index (χ2v) is 11.8. The minimum atomic E-state index is -3.42. The van der Waals surface area contributed by atoms with E-state index in [9.17, 15) is 28.4 Å². The molecule has 2 amide bonds. The van der Waals surface area contributed by atoms with Crippen molar-refractivity contribution in [2.45, 2.75) is 48.1 Å². The molecule has 1 aromatic heterocycles. The summed E-state index contributed by atoms with van der Waals surface area (Å²) in [6.07, 6.45) is -0.0585. The molecule has 3 heterocycles. The van der Waals surface area contributed by atoms with Crippen LogP contribution in [0.5, 0.6) is 5.75 Å². The Morgan fingerprint density at radius 1 is 1.26 bits per heavy atom. The average Bonchev–Trinajstić information content (AvgIpc) is 3.31. The van der Waals surface area contributed by atoms with Crippen molar-refractivity contribution in [3.8, 4) is 11.8 Å². The summed E-state index contributed by atoms with van der Waals surface area (Å²) in [6.45, 7) is 1.29. The maximum atomic E-state index is 14.4. The van der Waals surface area contributed by atoms with Crippen LogP contribution in [0.15, 0.2) is 51.0 Å². The number of nitriles is 1. The number of nitrogens with one attached hydrogen (secondary N) is 1. The van der Waals surface area contributed by atoms with Gasteiger partial charge in [-0.2, -0.15) is 5.26 Å². The van der Waals surface area contributed by atoms with Crippen molar-refractivity contribution in [1.82, 2.24) is 9.88 Å². The van der Waals surface area contributed by atoms with Gasteiger partial charge in [-0.3, -0.25) is 14.5 Å². The summed E-state index contributed by atoms with van der Waals surface area (Å²) in [5.74, 6) is -3.87. The highest BCUT2D eigenvalue weighted by Crippen LogP contribution is 2.45. The van der Waals surface area contributed by atoms with Crippen LogP contribution in [-0.4, -0.2) is 42.1 Å². The molecule has 0 bridgehead atoms. The first kappa shape index (κ1) is 30.7. The first-order valence-electron chi connectivity index (χ1n) is 13.0. The van der Waals surface area contributed by atoms with Crippen molar-refractivity contribution in [3.05, 3.63) is 79.2 Å². The fourth-order valence-corrected chi connectivity index (χ4v) is 6.73. The van der Waals surface area contributed by atoms with Gasteiger partial charge in [0.05, 0.1) is 53.7 Å². The van der Waals surface area contributed by atoms with E-state index in [2.05, 4.69) is 11.1 Å². The van der Waals surface area contributed by atoms with Crippen molar-refractivity contribution in [2.24, 2.45) is 0 Å². The Morgan fingerprint density at radius 2 is 1.98 bits per heavy atom. The maximum absolute atomic E-state index is 14.4. The second kappa shape index (κ2) is 12.1. The lowest BCUT2D eigenvalue weighted by atomic mass is 10.0. The number of aromatic amines is 1. The van der Waals surface area contributed by atoms with Gasteiger partial charge in [-0.15, -0.1) is 0 Å². The zero-order chi connectivity index (χ0) is 31.1. The van der Waals surface area contributed by atoms with Crippen LogP contribution < -0.4 is 15.2 Å². The monoisotopic (exact) mass is 648 g/mol. The summed E-state index contributed by atoms with van der Waals surface area (Å²) in [5, 5.41) is 10.1. The average molecular weight is 650 g/mol. The highest BCUT2D eigenvalue weighted by atomic mass is 35.5. The third-order valence-corrected chi connectivity index (χ3v) is 9.18. The highest BCUT2D eigenvalue weighted by Gasteiger charge is 2.39. The van der Waals surface area contributed by atoms with Gasteiger partial charge in [-0.05, 0) is 47.9 Å². The largest absolute Gasteiger partial charge is 0.495 e. The SMILES string of the molecule is COc1cc2c(cc1N1CCCOC1=O)CN(C(=O)c1c(Sc3c(Cl)cccc3Cl)cc(C(C)(F)F)[nH]c1=O)C2CC#N. The van der Waals surface area contributed by atoms with Crippen molar-refractivity contribution >= 4 is 52.7 Å². The standard InChI is InChI=1S/C29H24Cl2F2N4O5S/c1-29(32,33)23-13-22(43-25-17(30)5-3-6-18(25)31)24(26(38)35-23)27(39)37-14-15-11-20(36-9-4-10-42-28(36)40)21(41-2)12-16(15)19(37)7-8-34/h3,5-6,11-13,19H,4,7,9-10,14H2,1-2H3,(H,35,38). The number of methoxy groups -OCH3 is 1. The minimum Gasteiger partial charge on any atom is -0.495 e. The van der Waals surface area contributed by atoms with Crippen LogP contribution in [0.4, 0.5) is 19.3 Å². The molecule has 43 heavy (non-hydrogen) atoms. The number of anilines is 1. The number of aromatic nitrogens is 1. The quantitative estimate of drug-likeness (QED) is 0.296. The Hall–Kier alpha value is -3.79. The third kappa shape index (κ3) is 5.89. The lowest BCUT2D eigenvalue weighted by Gasteiger charge is -2.28. The summed E-state index contributed by atoms with van der Waals surface area (Å²) in [5.41, 5.74) is -0.474. The number of cyclic esters (lactones) is 1. The van der Waals surface area contributed by atoms with Gasteiger partial charge < -0.3 is 19.4 Å². The highest BCUT2D eigenvalue weighted by molar-refractivity contribution is 7.99. The molecule has 3 aromatic rings. The summed E-state index contributed by atoms with van der Waals surface area (Å²) in [4.78, 5) is 45.1. The number of pyridine rings is 1. The Labute approximate surface area is 259 Å². The minimum absolute atomic E-state index is 0.0253. The van der Waals surface area contributed by atoms with E-state index in [0.29, 0.717) is 49.1 Å². The van der Waals surface area contributed by atoms with Crippen LogP contribution in [0.3, 0.4) is 0 Å². The number of ether oxygens (including phenoxy) is 2. The van der Waals surface area contributed by atoms with Gasteiger partial charge in [0.1, 0.15) is 11.3 Å². The molecule has 0 saturated carbocycles. The van der Waals surface area contributed by atoms with Crippen LogP contribution in [0, 0.1) is 11.3 Å². The number of benzene rings is 2. The molecule has 1 fully saturated rings. The number of amides is 2. The van der Waals surface area contributed by atoms with Crippen molar-refractivity contribution in [1.29, 1.82) is 5.26 Å². The molecule has 1 N–H and O–H groups in total. The molecule has 0 spiro atoms. The number of alkyl halides is 2. The lowest BCUT2D eigenvalue weighted by Crippen LogP contribution is -2.38. The number of hydrogen-bond acceptors (Lipinski definition) is 7. The Bertz CT molecular complexity index is 1700. The van der Waals surface area contributed by atoms with Crippen LogP contribution in [0.1, 0.15) is 53.0 Å². The first-order valence-corrected chi connectivity index (χ1v) is 14.6. The zero-order valence-corrected chi connectivity index (χ0v) is 25.2. The van der Waals surface area contributed by atoms with Crippen molar-refractivity contribution in [2.75, 3.05) is 25.2 Å². The first-order chi connectivity index (χ1) is 20.4. The lowest BCUT2D eigenvalue weighted by molar-refractivity contribution is 0.0121. The number of carbonyl (C=O) groups is 2. The predicted molar refractivity (Wildman–Crippen MR) is 156 cm³/mol. The zero-order valence-electron chi connectivity index (χ0n) is 22.9. The number of H-pyrrole nitrogens is 1. The second-order valence-electron chi connectivity index (χ2n) is 9.95. The topological polar surface area (TPSA) is 116 Å². The summed E-state index contributed by atoms with van der Waals surface area (Å²) < 4.78 is 39.5. The van der Waals surface area contributed by atoms with Gasteiger partial charge in [0.2, 0.25) is 0 Å². The molecule has 224 valence electrons. The van der Waals surface area contributed by atoms with E-state index in [4.69, 9.17) is 32.7 Å². The summed E-state index contributed by atoms with van der Waals surface area (Å²) in [7, 11) is 1.44. The van der Waals surface area contributed by atoms with Gasteiger partial charge in [-0.25, -0.2) is 13.6 Å². The van der Waals surface area contributed by atoms with Gasteiger partial charge in [0.25, 0.3) is 17.4 Å². The van der Waals surface area contributed by atoms with Crippen molar-refractivity contribution < 1.29 is 27.8 Å². The normalized spacial score (nSPS) is 16.5. The maximum Gasteiger partial charge on any atom is 0.414 e. The predicted octanol–water partition coefficient (Wildman–Crippen LogP) is 6.91. The van der Waals surface area contributed by atoms with E-state index < -0.39 is 40.8 Å². The smallest absolute Gasteiger partial charge is 0.414 e. The molecule has 5 rings (SSSR count). The van der Waals surface area contributed by atoms with E-state index >= 15 is 0 Å². The fourth-order valence-electron chi connectivity index (χ4n) is 5.09. The summed E-state index contributed by atoms with van der Waals surface area (Å²) >= 11 is 13.5. The molecule has 2 aliphatic rings. The molecule has 0 aliphatic carbocycles. The van der Waals surface area contributed by atoms with Crippen LogP contribution in [-0.2, 0) is 17.2 Å². The molecule has 1 saturated heterocycles. The molecule has 1 unspecified atom stereocenters. The Kier molecular flexibility index (Phi) is 8.61. The number of fused-ring (bicyclic) bond motifs is 1. The summed E-state index contributed by atoms with van der Waals surface area (Å²) in [6, 6.07) is 10.4. The van der Waals surface area contributed by atoms with Crippen LogP contribution >= 0.6 is 35.0 Å². The Balaban J connectivity index is 1.61. The molecule has 1 atom stereocenters. The van der Waals surface area contributed by atoms with E-state index in [1.54, 1.807) is 30.3 Å². The molecule has 2 aromatic carbocycles. The van der Waals surface area contributed by atoms with Gasteiger partial charge in [-0.1, -0.05) is 41.0 Å². The van der Waals surface area contributed by atoms with Gasteiger partial charge >= 0.3 is 6.09 Å². The number of nitrogens with zero attached hydrogens (tertiary/aromatic N) is 3. The fraction of sp³-hybridized carbons (Fsp3) is 0.310. The number of hydrogen-bond donors (Lipinski definition) is 1. The van der Waals surface area contributed by atoms with Crippen LogP contribution in [0.2, 0.25) is 10.0 Å². The number of halogens is 4. The van der Waals surface area contributed by atoms with Crippen LogP contribution in [0.25, 0.3) is 0 Å². The van der Waals surface area contributed by atoms with E-state index in [1.807, 2.05) is 0 Å². The molecule has 2 aliphatic heterocycles. The molecular weight excluding hydrogens is 625 g/mol. The molecule has 9 nitrogen and oxygen atoms in total. The number of rotatable bonds is 7. The molecule has 14 heteroatoms. The number of carbonyl (C=O) groups excluding carboxylic acids is 2.